The van der Waals surface area contributed by atoms with Crippen LogP contribution in [0.5, 0.6) is 0 Å². The lowest BCUT2D eigenvalue weighted by atomic mass is 10.1. The van der Waals surface area contributed by atoms with Crippen LogP contribution in [-0.4, -0.2) is 0 Å². The van der Waals surface area contributed by atoms with Crippen molar-refractivity contribution >= 4 is 11.4 Å². The predicted molar refractivity (Wildman–Crippen MR) is 72.8 cm³/mol. The van der Waals surface area contributed by atoms with Crippen LogP contribution in [0.1, 0.15) is 16.7 Å². The van der Waals surface area contributed by atoms with E-state index in [1.54, 1.807) is 0 Å². The van der Waals surface area contributed by atoms with Gasteiger partial charge in [-0.2, -0.15) is 0 Å². The standard InChI is InChI=1S/C16H15N/c1-12-7-9-15(10-8-12)17-11-14-5-3-4-6-16(14)13(17)2/h3-10H,2,11H2,1H3. The van der Waals surface area contributed by atoms with Gasteiger partial charge < -0.3 is 4.90 Å². The SMILES string of the molecule is C=C1c2ccccc2CN1c1ccc(C)cc1. The van der Waals surface area contributed by atoms with Gasteiger partial charge in [-0.3, -0.25) is 0 Å². The van der Waals surface area contributed by atoms with Crippen molar-refractivity contribution in [1.29, 1.82) is 0 Å². The molecule has 0 saturated carbocycles. The van der Waals surface area contributed by atoms with E-state index in [0.29, 0.717) is 0 Å². The van der Waals surface area contributed by atoms with Crippen molar-refractivity contribution in [3.63, 3.8) is 0 Å². The Kier molecular flexibility index (Phi) is 2.25. The fourth-order valence-corrected chi connectivity index (χ4v) is 2.32. The van der Waals surface area contributed by atoms with Crippen LogP contribution in [0, 0.1) is 6.92 Å². The van der Waals surface area contributed by atoms with Crippen molar-refractivity contribution < 1.29 is 0 Å². The van der Waals surface area contributed by atoms with Gasteiger partial charge in [-0.05, 0) is 24.6 Å². The minimum atomic E-state index is 0.929. The summed E-state index contributed by atoms with van der Waals surface area (Å²) >= 11 is 0. The zero-order valence-electron chi connectivity index (χ0n) is 9.98. The van der Waals surface area contributed by atoms with Crippen molar-refractivity contribution in [2.45, 2.75) is 13.5 Å². The van der Waals surface area contributed by atoms with Crippen molar-refractivity contribution in [1.82, 2.24) is 0 Å². The first kappa shape index (κ1) is 10.2. The van der Waals surface area contributed by atoms with Crippen molar-refractivity contribution in [3.8, 4) is 0 Å². The number of rotatable bonds is 1. The number of benzene rings is 2. The first-order valence-electron chi connectivity index (χ1n) is 5.87. The highest BCUT2D eigenvalue weighted by Crippen LogP contribution is 2.35. The summed E-state index contributed by atoms with van der Waals surface area (Å²) in [6.45, 7) is 7.24. The van der Waals surface area contributed by atoms with Gasteiger partial charge in [0.2, 0.25) is 0 Å². The second kappa shape index (κ2) is 3.77. The maximum Gasteiger partial charge on any atom is 0.0488 e. The maximum absolute atomic E-state index is 4.20. The van der Waals surface area contributed by atoms with Crippen LogP contribution in [0.3, 0.4) is 0 Å². The molecule has 1 aliphatic rings. The number of hydrogen-bond donors (Lipinski definition) is 0. The molecule has 0 fully saturated rings. The quantitative estimate of drug-likeness (QED) is 0.704. The fraction of sp³-hybridized carbons (Fsp3) is 0.125. The molecule has 0 bridgehead atoms. The largest absolute Gasteiger partial charge is 0.337 e. The smallest absolute Gasteiger partial charge is 0.0488 e. The lowest BCUT2D eigenvalue weighted by Gasteiger charge is -2.19. The van der Waals surface area contributed by atoms with Gasteiger partial charge in [0.1, 0.15) is 0 Å². The van der Waals surface area contributed by atoms with E-state index in [9.17, 15) is 0 Å². The third-order valence-electron chi connectivity index (χ3n) is 3.33. The Morgan fingerprint density at radius 3 is 2.41 bits per heavy atom. The van der Waals surface area contributed by atoms with Gasteiger partial charge in [0.25, 0.3) is 0 Å². The summed E-state index contributed by atoms with van der Waals surface area (Å²) in [5.74, 6) is 0. The molecule has 2 aromatic rings. The van der Waals surface area contributed by atoms with E-state index in [-0.39, 0.29) is 0 Å². The zero-order valence-corrected chi connectivity index (χ0v) is 9.98. The van der Waals surface area contributed by atoms with Crippen LogP contribution in [-0.2, 0) is 6.54 Å². The van der Waals surface area contributed by atoms with E-state index < -0.39 is 0 Å². The molecule has 0 unspecified atom stereocenters. The van der Waals surface area contributed by atoms with Crippen molar-refractivity contribution in [2.24, 2.45) is 0 Å². The Bertz CT molecular complexity index is 566. The third kappa shape index (κ3) is 1.64. The van der Waals surface area contributed by atoms with Crippen LogP contribution in [0.25, 0.3) is 5.70 Å². The molecule has 0 amide bonds. The Morgan fingerprint density at radius 2 is 1.71 bits per heavy atom. The van der Waals surface area contributed by atoms with Crippen LogP contribution >= 0.6 is 0 Å². The normalized spacial score (nSPS) is 13.9. The first-order chi connectivity index (χ1) is 8.25. The fourth-order valence-electron chi connectivity index (χ4n) is 2.32. The topological polar surface area (TPSA) is 3.24 Å². The number of aryl methyl sites for hydroxylation is 1. The summed E-state index contributed by atoms with van der Waals surface area (Å²) in [6, 6.07) is 17.1. The molecule has 0 radical (unpaired) electrons. The molecule has 0 saturated heterocycles. The molecule has 1 aliphatic heterocycles. The van der Waals surface area contributed by atoms with Crippen LogP contribution in [0.15, 0.2) is 55.1 Å². The molecule has 1 heteroatoms. The second-order valence-electron chi connectivity index (χ2n) is 4.53. The Hall–Kier alpha value is -2.02. The van der Waals surface area contributed by atoms with E-state index in [1.165, 1.54) is 22.4 Å². The molecule has 0 N–H and O–H groups in total. The number of hydrogen-bond acceptors (Lipinski definition) is 1. The lowest BCUT2D eigenvalue weighted by Crippen LogP contribution is -2.12. The Balaban J connectivity index is 1.99. The highest BCUT2D eigenvalue weighted by atomic mass is 15.2. The summed E-state index contributed by atoms with van der Waals surface area (Å²) in [6.07, 6.45) is 0. The average molecular weight is 221 g/mol. The minimum Gasteiger partial charge on any atom is -0.337 e. The van der Waals surface area contributed by atoms with Gasteiger partial charge in [0, 0.05) is 23.5 Å². The molecular weight excluding hydrogens is 206 g/mol. The summed E-state index contributed by atoms with van der Waals surface area (Å²) in [5, 5.41) is 0. The van der Waals surface area contributed by atoms with Gasteiger partial charge in [-0.25, -0.2) is 0 Å². The molecule has 0 spiro atoms. The summed E-state index contributed by atoms with van der Waals surface area (Å²) in [7, 11) is 0. The van der Waals surface area contributed by atoms with Gasteiger partial charge in [-0.1, -0.05) is 48.5 Å². The van der Waals surface area contributed by atoms with Gasteiger partial charge in [0.15, 0.2) is 0 Å². The summed E-state index contributed by atoms with van der Waals surface area (Å²) < 4.78 is 0. The maximum atomic E-state index is 4.20. The predicted octanol–water partition coefficient (Wildman–Crippen LogP) is 3.99. The average Bonchev–Trinajstić information content (AvgIpc) is 2.69. The van der Waals surface area contributed by atoms with E-state index >= 15 is 0 Å². The lowest BCUT2D eigenvalue weighted by molar-refractivity contribution is 1.04. The molecule has 2 aromatic carbocycles. The third-order valence-corrected chi connectivity index (χ3v) is 3.33. The molecule has 0 aromatic heterocycles. The number of nitrogens with zero attached hydrogens (tertiary/aromatic N) is 1. The van der Waals surface area contributed by atoms with Crippen LogP contribution in [0.2, 0.25) is 0 Å². The minimum absolute atomic E-state index is 0.929. The summed E-state index contributed by atoms with van der Waals surface area (Å²) in [4.78, 5) is 2.27. The van der Waals surface area contributed by atoms with E-state index in [2.05, 4.69) is 66.9 Å². The van der Waals surface area contributed by atoms with Crippen molar-refractivity contribution in [2.75, 3.05) is 4.90 Å². The number of anilines is 1. The Labute approximate surface area is 102 Å². The van der Waals surface area contributed by atoms with E-state index in [4.69, 9.17) is 0 Å². The molecule has 0 atom stereocenters. The van der Waals surface area contributed by atoms with Gasteiger partial charge in [-0.15, -0.1) is 0 Å². The number of fused-ring (bicyclic) bond motifs is 1. The van der Waals surface area contributed by atoms with E-state index in [1.807, 2.05) is 0 Å². The molecule has 17 heavy (non-hydrogen) atoms. The van der Waals surface area contributed by atoms with Crippen LogP contribution < -0.4 is 4.90 Å². The monoisotopic (exact) mass is 221 g/mol. The highest BCUT2D eigenvalue weighted by molar-refractivity contribution is 5.83. The molecular formula is C16H15N. The highest BCUT2D eigenvalue weighted by Gasteiger charge is 2.22. The second-order valence-corrected chi connectivity index (χ2v) is 4.53. The molecule has 3 rings (SSSR count). The first-order valence-corrected chi connectivity index (χ1v) is 5.87. The molecule has 84 valence electrons. The molecule has 1 heterocycles. The molecule has 0 aliphatic carbocycles. The van der Waals surface area contributed by atoms with E-state index in [0.717, 1.165) is 12.2 Å². The zero-order chi connectivity index (χ0) is 11.8. The summed E-state index contributed by atoms with van der Waals surface area (Å²) in [5.41, 5.74) is 6.24. The van der Waals surface area contributed by atoms with Crippen LogP contribution in [0.4, 0.5) is 5.69 Å². The van der Waals surface area contributed by atoms with Gasteiger partial charge >= 0.3 is 0 Å². The van der Waals surface area contributed by atoms with Gasteiger partial charge in [0.05, 0.1) is 0 Å². The Morgan fingerprint density at radius 1 is 1.00 bits per heavy atom. The van der Waals surface area contributed by atoms with Crippen molar-refractivity contribution in [3.05, 3.63) is 71.8 Å². The molecule has 1 nitrogen and oxygen atoms in total.